The molecule has 2 aromatic rings. The van der Waals surface area contributed by atoms with Gasteiger partial charge in [-0.05, 0) is 0 Å². The van der Waals surface area contributed by atoms with Gasteiger partial charge in [0.15, 0.2) is 0 Å². The van der Waals surface area contributed by atoms with Gasteiger partial charge in [0.1, 0.15) is 0 Å². The maximum atomic E-state index is 12.1. The molecule has 0 saturated carbocycles. The second-order valence-corrected chi connectivity index (χ2v) is 8.30. The van der Waals surface area contributed by atoms with E-state index in [1.807, 2.05) is 60.7 Å². The van der Waals surface area contributed by atoms with E-state index in [0.29, 0.717) is 4.73 Å². The number of rotatable bonds is 5. The van der Waals surface area contributed by atoms with Crippen molar-refractivity contribution in [3.05, 3.63) is 72.3 Å². The van der Waals surface area contributed by atoms with Crippen molar-refractivity contribution in [2.45, 2.75) is 9.96 Å². The zero-order chi connectivity index (χ0) is 19.0. The molecular weight excluding hydrogens is 460 g/mol. The Balaban J connectivity index is 2.06. The van der Waals surface area contributed by atoms with Gasteiger partial charge in [0, 0.05) is 0 Å². The van der Waals surface area contributed by atoms with Gasteiger partial charge < -0.3 is 0 Å². The topological polar surface area (TPSA) is 53.5 Å². The third-order valence-corrected chi connectivity index (χ3v) is 4.14. The Morgan fingerprint density at radius 1 is 1.04 bits per heavy atom. The van der Waals surface area contributed by atoms with E-state index >= 15 is 0 Å². The number of carbonyl (C=O) groups is 1. The normalized spacial score (nSPS) is 13.4. The predicted molar refractivity (Wildman–Crippen MR) is 111 cm³/mol. The second-order valence-electron chi connectivity index (χ2n) is 5.12. The summed E-state index contributed by atoms with van der Waals surface area (Å²) in [6.45, 7) is 0. The Morgan fingerprint density at radius 3 is 2.19 bits per heavy atom. The van der Waals surface area contributed by atoms with E-state index in [0.717, 1.165) is 11.3 Å². The van der Waals surface area contributed by atoms with Crippen molar-refractivity contribution >= 4 is 73.2 Å². The first-order chi connectivity index (χ1) is 12.3. The SMILES string of the molecule is O=C(/C=C/c1ccccc1)NC(N=C([Se])Nc1ccccc1)C(Cl)(Cl)Cl. The molecule has 26 heavy (non-hydrogen) atoms. The van der Waals surface area contributed by atoms with Crippen molar-refractivity contribution in [3.63, 3.8) is 0 Å². The minimum absolute atomic E-state index is 0.375. The van der Waals surface area contributed by atoms with Gasteiger partial charge in [-0.1, -0.05) is 0 Å². The molecule has 135 valence electrons. The number of hydrogen-bond acceptors (Lipinski definition) is 2. The molecule has 1 atom stereocenters. The van der Waals surface area contributed by atoms with Crippen molar-refractivity contribution in [2.75, 3.05) is 5.32 Å². The fourth-order valence-corrected chi connectivity index (χ4v) is 2.68. The molecule has 0 bridgehead atoms. The number of para-hydroxylation sites is 1. The number of amidine groups is 1. The molecule has 0 aliphatic carbocycles. The summed E-state index contributed by atoms with van der Waals surface area (Å²) in [7, 11) is 0. The zero-order valence-electron chi connectivity index (χ0n) is 13.4. The van der Waals surface area contributed by atoms with E-state index < -0.39 is 15.9 Å². The summed E-state index contributed by atoms with van der Waals surface area (Å²) < 4.78 is -1.44. The van der Waals surface area contributed by atoms with Crippen LogP contribution in [0.1, 0.15) is 5.56 Å². The van der Waals surface area contributed by atoms with Gasteiger partial charge in [0.05, 0.1) is 0 Å². The summed E-state index contributed by atoms with van der Waals surface area (Å²) in [5.41, 5.74) is 1.69. The molecule has 4 nitrogen and oxygen atoms in total. The molecule has 8 heteroatoms. The van der Waals surface area contributed by atoms with Crippen LogP contribution in [0.2, 0.25) is 0 Å². The minimum atomic E-state index is -1.82. The van der Waals surface area contributed by atoms with Crippen molar-refractivity contribution in [1.29, 1.82) is 0 Å². The Hall–Kier alpha value is -1.49. The van der Waals surface area contributed by atoms with Gasteiger partial charge in [-0.15, -0.1) is 0 Å². The molecule has 2 aromatic carbocycles. The number of anilines is 1. The summed E-state index contributed by atoms with van der Waals surface area (Å²) in [5.74, 6) is -0.429. The molecule has 2 N–H and O–H groups in total. The van der Waals surface area contributed by atoms with Crippen LogP contribution < -0.4 is 10.6 Å². The molecule has 1 unspecified atom stereocenters. The number of benzene rings is 2. The molecule has 0 aliphatic heterocycles. The number of halogens is 3. The van der Waals surface area contributed by atoms with Gasteiger partial charge in [0.25, 0.3) is 0 Å². The molecule has 1 radical (unpaired) electrons. The van der Waals surface area contributed by atoms with Gasteiger partial charge in [-0.3, -0.25) is 0 Å². The molecule has 1 amide bonds. The summed E-state index contributed by atoms with van der Waals surface area (Å²) in [4.78, 5) is 16.4. The Bertz CT molecular complexity index is 777. The van der Waals surface area contributed by atoms with Crippen LogP contribution in [0.5, 0.6) is 0 Å². The summed E-state index contributed by atoms with van der Waals surface area (Å²) in [6.07, 6.45) is 1.95. The van der Waals surface area contributed by atoms with Gasteiger partial charge >= 0.3 is 176 Å². The maximum absolute atomic E-state index is 12.1. The first-order valence-electron chi connectivity index (χ1n) is 7.52. The van der Waals surface area contributed by atoms with E-state index in [1.165, 1.54) is 6.08 Å². The first-order valence-corrected chi connectivity index (χ1v) is 9.51. The summed E-state index contributed by atoms with van der Waals surface area (Å²) >= 11 is 20.6. The van der Waals surface area contributed by atoms with E-state index in [2.05, 4.69) is 31.6 Å². The van der Waals surface area contributed by atoms with E-state index in [4.69, 9.17) is 34.8 Å². The summed E-state index contributed by atoms with van der Waals surface area (Å²) in [5, 5.41) is 5.60. The molecule has 0 saturated heterocycles. The average Bonchev–Trinajstić information content (AvgIpc) is 2.60. The van der Waals surface area contributed by atoms with Crippen LogP contribution in [0, 0.1) is 0 Å². The van der Waals surface area contributed by atoms with Crippen LogP contribution in [0.4, 0.5) is 5.69 Å². The number of aliphatic imine (C=N–C) groups is 1. The predicted octanol–water partition coefficient (Wildman–Crippen LogP) is 4.15. The van der Waals surface area contributed by atoms with Crippen LogP contribution in [0.15, 0.2) is 71.7 Å². The number of nitrogens with one attached hydrogen (secondary N) is 2. The third kappa shape index (κ3) is 7.40. The van der Waals surface area contributed by atoms with E-state index in [9.17, 15) is 4.79 Å². The van der Waals surface area contributed by atoms with E-state index in [1.54, 1.807) is 6.08 Å². The number of carbonyl (C=O) groups excluding carboxylic acids is 1. The van der Waals surface area contributed by atoms with Crippen LogP contribution >= 0.6 is 34.8 Å². The number of hydrogen-bond donors (Lipinski definition) is 2. The zero-order valence-corrected chi connectivity index (χ0v) is 17.4. The number of amides is 1. The average molecular weight is 475 g/mol. The molecule has 0 aliphatic rings. The van der Waals surface area contributed by atoms with Crippen molar-refractivity contribution in [2.24, 2.45) is 4.99 Å². The standard InChI is InChI=1S/C18H15Cl3N3OSe/c19-18(20,21)16(24-17(26)22-14-9-5-2-6-10-14)23-15(25)12-11-13-7-3-1-4-8-13/h1-12,16H,(H,22,24)(H,23,25)/b12-11+. The monoisotopic (exact) mass is 474 g/mol. The quantitative estimate of drug-likeness (QED) is 0.225. The van der Waals surface area contributed by atoms with Gasteiger partial charge in [-0.25, -0.2) is 0 Å². The molecule has 0 spiro atoms. The van der Waals surface area contributed by atoms with Crippen molar-refractivity contribution in [3.8, 4) is 0 Å². The van der Waals surface area contributed by atoms with Crippen molar-refractivity contribution < 1.29 is 4.79 Å². The molecular formula is C18H15Cl3N3OSe. The molecule has 0 fully saturated rings. The molecule has 0 aromatic heterocycles. The molecule has 2 rings (SSSR count). The fourth-order valence-electron chi connectivity index (χ4n) is 1.90. The van der Waals surface area contributed by atoms with Gasteiger partial charge in [0.2, 0.25) is 0 Å². The number of nitrogens with zero attached hydrogens (tertiary/aromatic N) is 1. The van der Waals surface area contributed by atoms with E-state index in [-0.39, 0.29) is 0 Å². The van der Waals surface area contributed by atoms with Crippen molar-refractivity contribution in [1.82, 2.24) is 5.32 Å². The second kappa shape index (κ2) is 10.0. The Labute approximate surface area is 175 Å². The molecule has 0 heterocycles. The van der Waals surface area contributed by atoms with Crippen LogP contribution in [0.25, 0.3) is 6.08 Å². The summed E-state index contributed by atoms with van der Waals surface area (Å²) in [6, 6.07) is 18.7. The number of alkyl halides is 3. The van der Waals surface area contributed by atoms with Crippen LogP contribution in [-0.4, -0.2) is 36.6 Å². The van der Waals surface area contributed by atoms with Gasteiger partial charge in [-0.2, -0.15) is 0 Å². The third-order valence-electron chi connectivity index (χ3n) is 3.09. The van der Waals surface area contributed by atoms with Crippen LogP contribution in [0.3, 0.4) is 0 Å². The Morgan fingerprint density at radius 2 is 1.62 bits per heavy atom. The Kier molecular flexibility index (Phi) is 8.01. The fraction of sp³-hybridized carbons (Fsp3) is 0.111. The first kappa shape index (κ1) is 20.8. The van der Waals surface area contributed by atoms with Crippen LogP contribution in [-0.2, 0) is 4.79 Å².